The van der Waals surface area contributed by atoms with Gasteiger partial charge < -0.3 is 19.8 Å². The molecule has 6 rings (SSSR count). The molecule has 2 saturated heterocycles. The van der Waals surface area contributed by atoms with Gasteiger partial charge in [-0.15, -0.1) is 0 Å². The number of benzene rings is 1. The SMILES string of the molecule is CC[C@@H]1C[C@H](N(Cc2cc(C(F)(F)F)cc(C(F)(F)F)c2)c2ncc(-c3cnn(C)c3)cn2)CN1c1nc(N2CCC(O)CC2)ncc1Cl. The van der Waals surface area contributed by atoms with Crippen LogP contribution in [0.3, 0.4) is 0 Å². The highest BCUT2D eigenvalue weighted by Crippen LogP contribution is 2.39. The van der Waals surface area contributed by atoms with E-state index in [1.807, 2.05) is 16.7 Å². The lowest BCUT2D eigenvalue weighted by molar-refractivity contribution is -0.143. The lowest BCUT2D eigenvalue weighted by Crippen LogP contribution is -2.39. The van der Waals surface area contributed by atoms with E-state index < -0.39 is 29.5 Å². The Morgan fingerprint density at radius 1 is 0.918 bits per heavy atom. The first-order valence-electron chi connectivity index (χ1n) is 15.8. The number of halogens is 7. The Morgan fingerprint density at radius 3 is 2.14 bits per heavy atom. The maximum Gasteiger partial charge on any atom is 0.416 e. The molecule has 0 radical (unpaired) electrons. The average molecular weight is 710 g/mol. The topological polar surface area (TPSA) is 99.3 Å². The summed E-state index contributed by atoms with van der Waals surface area (Å²) >= 11 is 6.65. The molecule has 0 aliphatic carbocycles. The van der Waals surface area contributed by atoms with E-state index in [4.69, 9.17) is 16.6 Å². The van der Waals surface area contributed by atoms with Gasteiger partial charge in [0.25, 0.3) is 0 Å². The molecule has 262 valence electrons. The van der Waals surface area contributed by atoms with Crippen molar-refractivity contribution in [3.05, 3.63) is 70.9 Å². The van der Waals surface area contributed by atoms with E-state index in [0.717, 1.165) is 17.7 Å². The molecule has 0 unspecified atom stereocenters. The number of aliphatic hydroxyl groups is 1. The number of aromatic nitrogens is 6. The van der Waals surface area contributed by atoms with E-state index in [0.29, 0.717) is 61.1 Å². The summed E-state index contributed by atoms with van der Waals surface area (Å²) in [6, 6.07) is 1.02. The molecule has 1 aromatic carbocycles. The van der Waals surface area contributed by atoms with Crippen molar-refractivity contribution in [3.63, 3.8) is 0 Å². The van der Waals surface area contributed by atoms with Crippen LogP contribution in [0.4, 0.5) is 44.1 Å². The third kappa shape index (κ3) is 7.69. The van der Waals surface area contributed by atoms with Crippen molar-refractivity contribution in [1.82, 2.24) is 29.7 Å². The predicted octanol–water partition coefficient (Wildman–Crippen LogP) is 6.38. The summed E-state index contributed by atoms with van der Waals surface area (Å²) in [7, 11) is 1.75. The minimum atomic E-state index is -4.99. The zero-order valence-electron chi connectivity index (χ0n) is 26.6. The Bertz CT molecular complexity index is 1730. The molecule has 0 spiro atoms. The van der Waals surface area contributed by atoms with Crippen LogP contribution in [-0.2, 0) is 25.9 Å². The highest BCUT2D eigenvalue weighted by atomic mass is 35.5. The van der Waals surface area contributed by atoms with Crippen LogP contribution >= 0.6 is 11.6 Å². The normalized spacial score (nSPS) is 19.1. The second kappa shape index (κ2) is 13.6. The number of alkyl halides is 6. The van der Waals surface area contributed by atoms with Gasteiger partial charge in [-0.1, -0.05) is 18.5 Å². The van der Waals surface area contributed by atoms with Crippen molar-refractivity contribution in [1.29, 1.82) is 0 Å². The van der Waals surface area contributed by atoms with E-state index in [1.54, 1.807) is 41.4 Å². The molecular weight excluding hydrogens is 676 g/mol. The standard InChI is InChI=1S/C32H34ClF6N9O/c1-3-24-11-25(18-47(24)28-27(33)15-42-30(44-28)46-6-4-26(49)5-7-46)48(29-40-12-20(13-41-29)21-14-43-45(2)17-21)16-19-8-22(31(34,35)36)10-23(9-19)32(37,38)39/h8-10,12-15,17,24-26,49H,3-7,11,16,18H2,1-2H3/t24-,25+/m1/s1. The summed E-state index contributed by atoms with van der Waals surface area (Å²) in [6.45, 7) is 3.07. The maximum absolute atomic E-state index is 13.8. The fourth-order valence-electron chi connectivity index (χ4n) is 6.39. The number of aryl methyl sites for hydroxylation is 1. The first-order chi connectivity index (χ1) is 23.2. The fraction of sp³-hybridized carbons (Fsp3) is 0.469. The molecule has 2 atom stereocenters. The van der Waals surface area contributed by atoms with Gasteiger partial charge in [0.1, 0.15) is 5.02 Å². The summed E-state index contributed by atoms with van der Waals surface area (Å²) in [5.41, 5.74) is -1.60. The van der Waals surface area contributed by atoms with Crippen LogP contribution in [0.25, 0.3) is 11.1 Å². The van der Waals surface area contributed by atoms with Gasteiger partial charge in [0.15, 0.2) is 5.82 Å². The molecule has 3 aromatic heterocycles. The molecule has 0 bridgehead atoms. The first-order valence-corrected chi connectivity index (χ1v) is 16.2. The van der Waals surface area contributed by atoms with Crippen LogP contribution in [0.5, 0.6) is 0 Å². The van der Waals surface area contributed by atoms with Crippen molar-refractivity contribution >= 4 is 29.3 Å². The van der Waals surface area contributed by atoms with Crippen molar-refractivity contribution < 1.29 is 31.4 Å². The molecule has 0 amide bonds. The largest absolute Gasteiger partial charge is 0.416 e. The van der Waals surface area contributed by atoms with E-state index >= 15 is 0 Å². The zero-order valence-corrected chi connectivity index (χ0v) is 27.4. The van der Waals surface area contributed by atoms with Gasteiger partial charge in [0, 0.05) is 69.0 Å². The molecule has 2 aliphatic rings. The third-order valence-corrected chi connectivity index (χ3v) is 9.24. The minimum absolute atomic E-state index is 0.120. The number of anilines is 3. The van der Waals surface area contributed by atoms with Gasteiger partial charge in [0.05, 0.1) is 35.7 Å². The number of rotatable bonds is 8. The minimum Gasteiger partial charge on any atom is -0.393 e. The highest BCUT2D eigenvalue weighted by Gasteiger charge is 2.40. The van der Waals surface area contributed by atoms with Crippen LogP contribution in [-0.4, -0.2) is 72.6 Å². The molecule has 5 heterocycles. The van der Waals surface area contributed by atoms with Crippen molar-refractivity contribution in [3.8, 4) is 11.1 Å². The summed E-state index contributed by atoms with van der Waals surface area (Å²) < 4.78 is 84.4. The number of hydrogen-bond acceptors (Lipinski definition) is 9. The number of piperidine rings is 1. The van der Waals surface area contributed by atoms with Gasteiger partial charge in [-0.3, -0.25) is 4.68 Å². The quantitative estimate of drug-likeness (QED) is 0.209. The second-order valence-electron chi connectivity index (χ2n) is 12.4. The van der Waals surface area contributed by atoms with E-state index in [1.165, 1.54) is 6.20 Å². The Hall–Kier alpha value is -4.18. The van der Waals surface area contributed by atoms with Crippen molar-refractivity contribution in [2.75, 3.05) is 34.3 Å². The average Bonchev–Trinajstić information content (AvgIpc) is 3.70. The third-order valence-electron chi connectivity index (χ3n) is 8.97. The fourth-order valence-corrected chi connectivity index (χ4v) is 6.59. The molecule has 2 fully saturated rings. The van der Waals surface area contributed by atoms with Crippen LogP contribution in [0.1, 0.15) is 49.3 Å². The molecule has 2 aliphatic heterocycles. The second-order valence-corrected chi connectivity index (χ2v) is 12.8. The lowest BCUT2D eigenvalue weighted by Gasteiger charge is -2.32. The Balaban J connectivity index is 1.37. The summed E-state index contributed by atoms with van der Waals surface area (Å²) in [6.07, 6.45) is -0.0869. The van der Waals surface area contributed by atoms with Gasteiger partial charge >= 0.3 is 12.4 Å². The molecule has 0 saturated carbocycles. The molecule has 4 aromatic rings. The van der Waals surface area contributed by atoms with E-state index in [9.17, 15) is 31.4 Å². The Kier molecular flexibility index (Phi) is 9.63. The van der Waals surface area contributed by atoms with E-state index in [-0.39, 0.29) is 42.8 Å². The summed E-state index contributed by atoms with van der Waals surface area (Å²) in [5.74, 6) is 1.07. The smallest absolute Gasteiger partial charge is 0.393 e. The van der Waals surface area contributed by atoms with Crippen LogP contribution < -0.4 is 14.7 Å². The number of nitrogens with zero attached hydrogens (tertiary/aromatic N) is 9. The monoisotopic (exact) mass is 709 g/mol. The number of hydrogen-bond donors (Lipinski definition) is 1. The molecule has 1 N–H and O–H groups in total. The predicted molar refractivity (Wildman–Crippen MR) is 171 cm³/mol. The van der Waals surface area contributed by atoms with Gasteiger partial charge in [-0.25, -0.2) is 15.0 Å². The summed E-state index contributed by atoms with van der Waals surface area (Å²) in [5, 5.41) is 14.4. The van der Waals surface area contributed by atoms with Gasteiger partial charge in [-0.05, 0) is 49.4 Å². The van der Waals surface area contributed by atoms with Crippen LogP contribution in [0, 0.1) is 0 Å². The summed E-state index contributed by atoms with van der Waals surface area (Å²) in [4.78, 5) is 23.9. The molecule has 10 nitrogen and oxygen atoms in total. The molecule has 17 heteroatoms. The zero-order chi connectivity index (χ0) is 35.1. The lowest BCUT2D eigenvalue weighted by atomic mass is 10.0. The maximum atomic E-state index is 13.8. The molecule has 49 heavy (non-hydrogen) atoms. The van der Waals surface area contributed by atoms with Crippen molar-refractivity contribution in [2.45, 2.75) is 69.7 Å². The van der Waals surface area contributed by atoms with Gasteiger partial charge in [-0.2, -0.15) is 36.4 Å². The van der Waals surface area contributed by atoms with Gasteiger partial charge in [0.2, 0.25) is 11.9 Å². The molecular formula is C32H34ClF6N9O. The van der Waals surface area contributed by atoms with Crippen LogP contribution in [0.2, 0.25) is 5.02 Å². The number of aliphatic hydroxyl groups excluding tert-OH is 1. The highest BCUT2D eigenvalue weighted by molar-refractivity contribution is 6.32. The van der Waals surface area contributed by atoms with Crippen molar-refractivity contribution in [2.24, 2.45) is 7.05 Å². The Morgan fingerprint density at radius 2 is 1.57 bits per heavy atom. The van der Waals surface area contributed by atoms with E-state index in [2.05, 4.69) is 20.1 Å². The van der Waals surface area contributed by atoms with Crippen LogP contribution in [0.15, 0.2) is 49.2 Å². The first kappa shape index (κ1) is 34.7. The Labute approximate surface area is 283 Å².